The fourth-order valence-electron chi connectivity index (χ4n) is 1.41. The summed E-state index contributed by atoms with van der Waals surface area (Å²) in [5, 5.41) is 0. The van der Waals surface area contributed by atoms with Crippen LogP contribution in [0.2, 0.25) is 0 Å². The first kappa shape index (κ1) is 12.3. The maximum Gasteiger partial charge on any atom is 0.126 e. The van der Waals surface area contributed by atoms with Gasteiger partial charge in [0.15, 0.2) is 0 Å². The minimum atomic E-state index is 0.682. The van der Waals surface area contributed by atoms with Crippen LogP contribution in [0, 0.1) is 0 Å². The van der Waals surface area contributed by atoms with Crippen molar-refractivity contribution in [2.45, 2.75) is 12.8 Å². The molecule has 0 spiro atoms. The van der Waals surface area contributed by atoms with Gasteiger partial charge in [-0.2, -0.15) is 0 Å². The molecule has 84 valence electrons. The number of nitrogens with two attached hydrogens (primary N) is 1. The molecule has 0 amide bonds. The van der Waals surface area contributed by atoms with Crippen molar-refractivity contribution in [1.29, 1.82) is 0 Å². The Labute approximate surface area is 98.7 Å². The molecule has 0 unspecified atom stereocenters. The first-order chi connectivity index (χ1) is 7.22. The van der Waals surface area contributed by atoms with Crippen molar-refractivity contribution in [2.75, 3.05) is 20.8 Å². The first-order valence-corrected chi connectivity index (χ1v) is 5.62. The van der Waals surface area contributed by atoms with E-state index in [-0.39, 0.29) is 0 Å². The van der Waals surface area contributed by atoms with Crippen molar-refractivity contribution in [2.24, 2.45) is 5.73 Å². The van der Waals surface area contributed by atoms with Crippen molar-refractivity contribution in [3.05, 3.63) is 22.2 Å². The van der Waals surface area contributed by atoms with Crippen molar-refractivity contribution >= 4 is 15.9 Å². The lowest BCUT2D eigenvalue weighted by Gasteiger charge is -2.12. The Morgan fingerprint density at radius 2 is 2.00 bits per heavy atom. The van der Waals surface area contributed by atoms with Crippen LogP contribution in [0.15, 0.2) is 16.6 Å². The highest BCUT2D eigenvalue weighted by Gasteiger charge is 2.09. The second kappa shape index (κ2) is 5.98. The van der Waals surface area contributed by atoms with Gasteiger partial charge in [0.05, 0.1) is 14.2 Å². The summed E-state index contributed by atoms with van der Waals surface area (Å²) in [5.41, 5.74) is 6.64. The van der Waals surface area contributed by atoms with Crippen LogP contribution in [0.5, 0.6) is 11.5 Å². The molecule has 3 nitrogen and oxygen atoms in total. The van der Waals surface area contributed by atoms with Crippen LogP contribution in [0.1, 0.15) is 12.0 Å². The fourth-order valence-corrected chi connectivity index (χ4v) is 2.03. The number of halogens is 1. The molecule has 0 saturated heterocycles. The van der Waals surface area contributed by atoms with Gasteiger partial charge >= 0.3 is 0 Å². The third-order valence-electron chi connectivity index (χ3n) is 2.21. The molecule has 0 heterocycles. The van der Waals surface area contributed by atoms with Gasteiger partial charge in [-0.05, 0) is 25.5 Å². The van der Waals surface area contributed by atoms with E-state index in [1.165, 1.54) is 0 Å². The SMILES string of the molecule is COc1cc(Br)c(CCCN)c(OC)c1. The molecule has 1 aromatic carbocycles. The summed E-state index contributed by atoms with van der Waals surface area (Å²) in [5.74, 6) is 1.63. The molecule has 0 aliphatic rings. The average molecular weight is 274 g/mol. The zero-order valence-corrected chi connectivity index (χ0v) is 10.6. The van der Waals surface area contributed by atoms with Crippen LogP contribution in [-0.4, -0.2) is 20.8 Å². The summed E-state index contributed by atoms with van der Waals surface area (Å²) >= 11 is 3.51. The largest absolute Gasteiger partial charge is 0.497 e. The molecule has 0 aliphatic heterocycles. The molecule has 1 rings (SSSR count). The normalized spacial score (nSPS) is 10.1. The van der Waals surface area contributed by atoms with Crippen molar-refractivity contribution in [1.82, 2.24) is 0 Å². The zero-order valence-electron chi connectivity index (χ0n) is 9.05. The highest BCUT2D eigenvalue weighted by Crippen LogP contribution is 2.33. The van der Waals surface area contributed by atoms with E-state index in [1.54, 1.807) is 14.2 Å². The zero-order chi connectivity index (χ0) is 11.3. The number of hydrogen-bond donors (Lipinski definition) is 1. The summed E-state index contributed by atoms with van der Waals surface area (Å²) in [6.07, 6.45) is 1.85. The molecule has 0 radical (unpaired) electrons. The van der Waals surface area contributed by atoms with Gasteiger partial charge < -0.3 is 15.2 Å². The van der Waals surface area contributed by atoms with Crippen molar-refractivity contribution < 1.29 is 9.47 Å². The Morgan fingerprint density at radius 3 is 2.53 bits per heavy atom. The van der Waals surface area contributed by atoms with Crippen LogP contribution in [-0.2, 0) is 6.42 Å². The maximum absolute atomic E-state index is 5.49. The Kier molecular flexibility index (Phi) is 4.91. The Hall–Kier alpha value is -0.740. The molecule has 0 bridgehead atoms. The lowest BCUT2D eigenvalue weighted by molar-refractivity contribution is 0.390. The quantitative estimate of drug-likeness (QED) is 0.896. The lowest BCUT2D eigenvalue weighted by atomic mass is 10.1. The first-order valence-electron chi connectivity index (χ1n) is 4.83. The topological polar surface area (TPSA) is 44.5 Å². The second-order valence-electron chi connectivity index (χ2n) is 3.18. The van der Waals surface area contributed by atoms with Gasteiger partial charge in [-0.1, -0.05) is 15.9 Å². The van der Waals surface area contributed by atoms with Gasteiger partial charge in [0.25, 0.3) is 0 Å². The molecule has 0 aromatic heterocycles. The monoisotopic (exact) mass is 273 g/mol. The third kappa shape index (κ3) is 3.11. The van der Waals surface area contributed by atoms with Gasteiger partial charge in [-0.15, -0.1) is 0 Å². The Morgan fingerprint density at radius 1 is 1.27 bits per heavy atom. The van der Waals surface area contributed by atoms with Crippen LogP contribution < -0.4 is 15.2 Å². The fraction of sp³-hybridized carbons (Fsp3) is 0.455. The van der Waals surface area contributed by atoms with Crippen LogP contribution >= 0.6 is 15.9 Å². The van der Waals surface area contributed by atoms with Crippen LogP contribution in [0.4, 0.5) is 0 Å². The van der Waals surface area contributed by atoms with Gasteiger partial charge in [0.2, 0.25) is 0 Å². The highest BCUT2D eigenvalue weighted by atomic mass is 79.9. The average Bonchev–Trinajstić information content (AvgIpc) is 2.26. The van der Waals surface area contributed by atoms with E-state index in [1.807, 2.05) is 12.1 Å². The van der Waals surface area contributed by atoms with Gasteiger partial charge in [-0.25, -0.2) is 0 Å². The van der Waals surface area contributed by atoms with E-state index in [0.29, 0.717) is 6.54 Å². The molecule has 1 aromatic rings. The van der Waals surface area contributed by atoms with Crippen LogP contribution in [0.3, 0.4) is 0 Å². The van der Waals surface area contributed by atoms with E-state index >= 15 is 0 Å². The van der Waals surface area contributed by atoms with Crippen molar-refractivity contribution in [3.8, 4) is 11.5 Å². The van der Waals surface area contributed by atoms with E-state index in [0.717, 1.165) is 34.4 Å². The second-order valence-corrected chi connectivity index (χ2v) is 4.04. The number of hydrogen-bond acceptors (Lipinski definition) is 3. The molecule has 2 N–H and O–H groups in total. The minimum absolute atomic E-state index is 0.682. The molecule has 0 fully saturated rings. The molecule has 15 heavy (non-hydrogen) atoms. The van der Waals surface area contributed by atoms with Crippen LogP contribution in [0.25, 0.3) is 0 Å². The van der Waals surface area contributed by atoms with E-state index in [9.17, 15) is 0 Å². The van der Waals surface area contributed by atoms with Gasteiger partial charge in [0.1, 0.15) is 11.5 Å². The van der Waals surface area contributed by atoms with E-state index in [4.69, 9.17) is 15.2 Å². The summed E-state index contributed by atoms with van der Waals surface area (Å²) in [4.78, 5) is 0. The minimum Gasteiger partial charge on any atom is -0.497 e. The number of rotatable bonds is 5. The summed E-state index contributed by atoms with van der Waals surface area (Å²) in [7, 11) is 3.30. The smallest absolute Gasteiger partial charge is 0.126 e. The number of ether oxygens (including phenoxy) is 2. The van der Waals surface area contributed by atoms with Gasteiger partial charge in [0, 0.05) is 16.1 Å². The van der Waals surface area contributed by atoms with Crippen molar-refractivity contribution in [3.63, 3.8) is 0 Å². The molecular formula is C11H16BrNO2. The number of benzene rings is 1. The predicted octanol–water partition coefficient (Wildman–Crippen LogP) is 2.36. The van der Waals surface area contributed by atoms with E-state index in [2.05, 4.69) is 15.9 Å². The third-order valence-corrected chi connectivity index (χ3v) is 2.92. The lowest BCUT2D eigenvalue weighted by Crippen LogP contribution is -2.02. The summed E-state index contributed by atoms with van der Waals surface area (Å²) in [6, 6.07) is 3.82. The molecular weight excluding hydrogens is 258 g/mol. The standard InChI is InChI=1S/C11H16BrNO2/c1-14-8-6-10(12)9(4-3-5-13)11(7-8)15-2/h6-7H,3-5,13H2,1-2H3. The molecule has 4 heteroatoms. The molecule has 0 atom stereocenters. The van der Waals surface area contributed by atoms with Gasteiger partial charge in [-0.3, -0.25) is 0 Å². The predicted molar refractivity (Wildman–Crippen MR) is 64.6 cm³/mol. The maximum atomic E-state index is 5.49. The summed E-state index contributed by atoms with van der Waals surface area (Å²) < 4.78 is 11.5. The highest BCUT2D eigenvalue weighted by molar-refractivity contribution is 9.10. The van der Waals surface area contributed by atoms with E-state index < -0.39 is 0 Å². The number of methoxy groups -OCH3 is 2. The molecule has 0 aliphatic carbocycles. The Balaban J connectivity index is 3.01. The molecule has 0 saturated carbocycles. The Bertz CT molecular complexity index is 329. The summed E-state index contributed by atoms with van der Waals surface area (Å²) in [6.45, 7) is 0.682.